The van der Waals surface area contributed by atoms with Gasteiger partial charge in [0.15, 0.2) is 0 Å². The topological polar surface area (TPSA) is 0 Å². The highest BCUT2D eigenvalue weighted by Gasteiger charge is 2.48. The Labute approximate surface area is 366 Å². The summed E-state index contributed by atoms with van der Waals surface area (Å²) in [5.74, 6) is 0. The molecule has 0 radical (unpaired) electrons. The molecule has 0 spiro atoms. The third-order valence-electron chi connectivity index (χ3n) is 11.7. The van der Waals surface area contributed by atoms with Gasteiger partial charge in [-0.1, -0.05) is 211 Å². The summed E-state index contributed by atoms with van der Waals surface area (Å²) < 4.78 is 2.73. The fourth-order valence-electron chi connectivity index (χ4n) is 9.09. The van der Waals surface area contributed by atoms with Gasteiger partial charge in [-0.05, 0) is 113 Å². The van der Waals surface area contributed by atoms with Gasteiger partial charge in [0.05, 0.1) is 5.41 Å². The van der Waals surface area contributed by atoms with Crippen molar-refractivity contribution in [3.8, 4) is 22.3 Å². The molecule has 11 rings (SSSR count). The van der Waals surface area contributed by atoms with Crippen molar-refractivity contribution in [3.05, 3.63) is 263 Å². The molecule has 1 unspecified atom stereocenters. The van der Waals surface area contributed by atoms with Gasteiger partial charge in [0, 0.05) is 20.2 Å². The van der Waals surface area contributed by atoms with Gasteiger partial charge >= 0.3 is 0 Å². The highest BCUT2D eigenvalue weighted by atomic mass is 32.1. The van der Waals surface area contributed by atoms with Gasteiger partial charge in [0.2, 0.25) is 0 Å². The highest BCUT2D eigenvalue weighted by molar-refractivity contribution is 7.25. The average Bonchev–Trinajstić information content (AvgIpc) is 3.83. The third-order valence-corrected chi connectivity index (χ3v) is 12.8. The first-order valence-corrected chi connectivity index (χ1v) is 22.0. The van der Waals surface area contributed by atoms with E-state index in [2.05, 4.69) is 222 Å². The SMILES string of the molecule is C=CC.Cc1ccc(-c2cccc3sc4ccccc4c23)cc1.Cc1ccccc1.Cc1ccccc1C1(c2ccccc2)c2c(C)cccc2-c2ccc3ccccc3c21. The van der Waals surface area contributed by atoms with Gasteiger partial charge < -0.3 is 0 Å². The number of hydrogen-bond donors (Lipinski definition) is 0. The number of hydrogen-bond acceptors (Lipinski definition) is 1. The molecule has 9 aromatic carbocycles. The second kappa shape index (κ2) is 18.2. The van der Waals surface area contributed by atoms with E-state index < -0.39 is 0 Å². The van der Waals surface area contributed by atoms with Crippen LogP contribution >= 0.6 is 11.3 Å². The Morgan fingerprint density at radius 2 is 0.967 bits per heavy atom. The van der Waals surface area contributed by atoms with Crippen molar-refractivity contribution in [1.82, 2.24) is 0 Å². The molecule has 0 amide bonds. The van der Waals surface area contributed by atoms with Gasteiger partial charge in [-0.2, -0.15) is 0 Å². The van der Waals surface area contributed by atoms with Crippen molar-refractivity contribution in [2.45, 2.75) is 40.0 Å². The normalized spacial score (nSPS) is 13.5. The minimum Gasteiger partial charge on any atom is -0.135 e. The van der Waals surface area contributed by atoms with Crippen molar-refractivity contribution in [1.29, 1.82) is 0 Å². The molecule has 1 aliphatic carbocycles. The number of aryl methyl sites for hydroxylation is 4. The summed E-state index contributed by atoms with van der Waals surface area (Å²) in [6.07, 6.45) is 1.75. The van der Waals surface area contributed by atoms with Crippen molar-refractivity contribution >= 4 is 42.3 Å². The standard InChI is InChI=1S/C31H24.C19H14S.C7H8.C3H6/c1-21-11-6-9-18-28(21)31(24-14-4-3-5-15-24)29-22(2)12-10-17-26(29)27-20-19-23-13-7-8-16-25(23)30(27)31;1-13-9-11-14(12-10-13)15-6-4-8-18-19(15)16-5-2-3-7-17(16)20-18;1-7-5-3-2-4-6-7;1-3-2/h3-20H,1-2H3;2-12H,1H3;2-6H,1H3;3H,1H2,2H3. The van der Waals surface area contributed by atoms with Crippen LogP contribution in [0.4, 0.5) is 0 Å². The first kappa shape index (κ1) is 41.0. The molecule has 0 fully saturated rings. The summed E-state index contributed by atoms with van der Waals surface area (Å²) in [7, 11) is 0. The molecule has 1 atom stereocenters. The summed E-state index contributed by atoms with van der Waals surface area (Å²) in [5.41, 5.74) is 15.8. The minimum absolute atomic E-state index is 0.344. The van der Waals surface area contributed by atoms with E-state index in [9.17, 15) is 0 Å². The van der Waals surface area contributed by atoms with Crippen LogP contribution in [-0.4, -0.2) is 0 Å². The van der Waals surface area contributed by atoms with Crippen LogP contribution in [-0.2, 0) is 5.41 Å². The molecule has 1 heterocycles. The van der Waals surface area contributed by atoms with Crippen LogP contribution in [0, 0.1) is 27.7 Å². The molecule has 0 N–H and O–H groups in total. The van der Waals surface area contributed by atoms with E-state index >= 15 is 0 Å². The quantitative estimate of drug-likeness (QED) is 0.156. The van der Waals surface area contributed by atoms with E-state index in [1.807, 2.05) is 36.5 Å². The highest BCUT2D eigenvalue weighted by Crippen LogP contribution is 2.59. The Morgan fingerprint density at radius 1 is 0.426 bits per heavy atom. The van der Waals surface area contributed by atoms with Crippen LogP contribution in [0.2, 0.25) is 0 Å². The van der Waals surface area contributed by atoms with E-state index in [1.165, 1.54) is 97.7 Å². The molecule has 61 heavy (non-hydrogen) atoms. The Kier molecular flexibility index (Phi) is 12.2. The number of benzene rings is 9. The molecular weight excluding hydrogens is 753 g/mol. The summed E-state index contributed by atoms with van der Waals surface area (Å²) >= 11 is 1.87. The molecule has 10 aromatic rings. The number of thiophene rings is 1. The van der Waals surface area contributed by atoms with Crippen LogP contribution in [0.1, 0.15) is 51.4 Å². The van der Waals surface area contributed by atoms with E-state index in [0.717, 1.165) is 0 Å². The lowest BCUT2D eigenvalue weighted by Crippen LogP contribution is -2.30. The van der Waals surface area contributed by atoms with E-state index in [1.54, 1.807) is 6.08 Å². The number of fused-ring (bicyclic) bond motifs is 8. The average molecular weight is 805 g/mol. The van der Waals surface area contributed by atoms with Gasteiger partial charge in [-0.15, -0.1) is 17.9 Å². The summed E-state index contributed by atoms with van der Waals surface area (Å²) in [6, 6.07) is 74.6. The van der Waals surface area contributed by atoms with E-state index in [4.69, 9.17) is 0 Å². The monoisotopic (exact) mass is 804 g/mol. The van der Waals surface area contributed by atoms with Gasteiger partial charge in [-0.3, -0.25) is 0 Å². The fourth-order valence-corrected chi connectivity index (χ4v) is 10.2. The van der Waals surface area contributed by atoms with E-state index in [0.29, 0.717) is 0 Å². The van der Waals surface area contributed by atoms with Gasteiger partial charge in [-0.25, -0.2) is 0 Å². The van der Waals surface area contributed by atoms with Crippen molar-refractivity contribution in [2.24, 2.45) is 0 Å². The first-order valence-electron chi connectivity index (χ1n) is 21.2. The second-order valence-electron chi connectivity index (χ2n) is 15.8. The zero-order chi connectivity index (χ0) is 42.3. The summed E-state index contributed by atoms with van der Waals surface area (Å²) in [6.45, 7) is 14.0. The first-order chi connectivity index (χ1) is 29.9. The maximum absolute atomic E-state index is 3.36. The summed E-state index contributed by atoms with van der Waals surface area (Å²) in [5, 5.41) is 5.38. The summed E-state index contributed by atoms with van der Waals surface area (Å²) in [4.78, 5) is 0. The van der Waals surface area contributed by atoms with Crippen LogP contribution in [0.15, 0.2) is 219 Å². The van der Waals surface area contributed by atoms with Crippen LogP contribution in [0.25, 0.3) is 53.2 Å². The smallest absolute Gasteiger partial charge is 0.0724 e. The Hall–Kier alpha value is -6.80. The molecule has 1 heteroatoms. The lowest BCUT2D eigenvalue weighted by atomic mass is 9.64. The predicted octanol–water partition coefficient (Wildman–Crippen LogP) is 17.0. The molecule has 1 aliphatic rings. The maximum Gasteiger partial charge on any atom is 0.0724 e. The second-order valence-corrected chi connectivity index (χ2v) is 16.9. The maximum atomic E-state index is 3.36. The molecule has 0 nitrogen and oxygen atoms in total. The fraction of sp³-hybridized carbons (Fsp3) is 0.100. The molecule has 0 saturated heterocycles. The lowest BCUT2D eigenvalue weighted by Gasteiger charge is -2.36. The Bertz CT molecular complexity index is 3080. The molecular formula is C60H52S. The van der Waals surface area contributed by atoms with Gasteiger partial charge in [0.25, 0.3) is 0 Å². The van der Waals surface area contributed by atoms with Crippen LogP contribution < -0.4 is 0 Å². The van der Waals surface area contributed by atoms with Crippen molar-refractivity contribution < 1.29 is 0 Å². The molecule has 0 saturated carbocycles. The molecule has 1 aromatic heterocycles. The van der Waals surface area contributed by atoms with Crippen molar-refractivity contribution in [2.75, 3.05) is 0 Å². The third kappa shape index (κ3) is 7.86. The van der Waals surface area contributed by atoms with E-state index in [-0.39, 0.29) is 5.41 Å². The van der Waals surface area contributed by atoms with Crippen LogP contribution in [0.3, 0.4) is 0 Å². The lowest BCUT2D eigenvalue weighted by molar-refractivity contribution is 0.761. The Balaban J connectivity index is 0.000000145. The zero-order valence-corrected chi connectivity index (χ0v) is 36.6. The molecule has 0 bridgehead atoms. The predicted molar refractivity (Wildman–Crippen MR) is 267 cm³/mol. The minimum atomic E-state index is -0.344. The molecule has 298 valence electrons. The number of rotatable bonds is 3. The number of allylic oxidation sites excluding steroid dienone is 1. The Morgan fingerprint density at radius 3 is 1.67 bits per heavy atom. The molecule has 0 aliphatic heterocycles. The van der Waals surface area contributed by atoms with Crippen LogP contribution in [0.5, 0.6) is 0 Å². The van der Waals surface area contributed by atoms with Gasteiger partial charge in [0.1, 0.15) is 0 Å². The zero-order valence-electron chi connectivity index (χ0n) is 35.8. The van der Waals surface area contributed by atoms with Crippen molar-refractivity contribution in [3.63, 3.8) is 0 Å². The largest absolute Gasteiger partial charge is 0.135 e.